The van der Waals surface area contributed by atoms with Gasteiger partial charge < -0.3 is 20.6 Å². The summed E-state index contributed by atoms with van der Waals surface area (Å²) in [5, 5.41) is 15.4. The largest absolute Gasteiger partial charge is 0.478 e. The van der Waals surface area contributed by atoms with Crippen molar-refractivity contribution in [3.63, 3.8) is 0 Å². The van der Waals surface area contributed by atoms with Crippen LogP contribution in [-0.4, -0.2) is 46.5 Å². The van der Waals surface area contributed by atoms with E-state index in [1.807, 2.05) is 37.3 Å². The topological polar surface area (TPSA) is 98.7 Å². The summed E-state index contributed by atoms with van der Waals surface area (Å²) in [7, 11) is 0. The molecule has 0 unspecified atom stereocenters. The van der Waals surface area contributed by atoms with Gasteiger partial charge in [-0.2, -0.15) is 0 Å². The van der Waals surface area contributed by atoms with Gasteiger partial charge in [-0.1, -0.05) is 32.0 Å². The van der Waals surface area contributed by atoms with Crippen molar-refractivity contribution in [1.82, 2.24) is 10.2 Å². The van der Waals surface area contributed by atoms with E-state index < -0.39 is 12.0 Å². The van der Waals surface area contributed by atoms with Crippen molar-refractivity contribution in [3.8, 4) is 0 Å². The summed E-state index contributed by atoms with van der Waals surface area (Å²) < 4.78 is 0. The normalized spacial score (nSPS) is 21.9. The van der Waals surface area contributed by atoms with Crippen LogP contribution in [0.3, 0.4) is 0 Å². The highest BCUT2D eigenvalue weighted by Gasteiger charge is 2.35. The molecule has 2 aromatic rings. The molecule has 1 aliphatic heterocycles. The number of aryl methyl sites for hydroxylation is 1. The maximum atomic E-state index is 13.1. The van der Waals surface area contributed by atoms with Crippen LogP contribution >= 0.6 is 0 Å². The predicted octanol–water partition coefficient (Wildman–Crippen LogP) is 5.66. The summed E-state index contributed by atoms with van der Waals surface area (Å²) in [4.78, 5) is 38.9. The van der Waals surface area contributed by atoms with E-state index in [0.717, 1.165) is 43.4 Å². The van der Waals surface area contributed by atoms with Crippen molar-refractivity contribution >= 4 is 23.6 Å². The van der Waals surface area contributed by atoms with Gasteiger partial charge in [0.25, 0.3) is 0 Å². The van der Waals surface area contributed by atoms with Gasteiger partial charge in [-0.15, -0.1) is 0 Å². The number of likely N-dealkylation sites (tertiary alicyclic amines) is 1. The first kappa shape index (κ1) is 25.7. The zero-order valence-electron chi connectivity index (χ0n) is 21.4. The molecule has 4 rings (SSSR count). The van der Waals surface area contributed by atoms with E-state index >= 15 is 0 Å². The van der Waals surface area contributed by atoms with Crippen LogP contribution in [0.1, 0.15) is 91.3 Å². The number of amides is 3. The van der Waals surface area contributed by atoms with Crippen molar-refractivity contribution in [3.05, 3.63) is 64.7 Å². The molecule has 36 heavy (non-hydrogen) atoms. The van der Waals surface area contributed by atoms with Crippen molar-refractivity contribution in [1.29, 1.82) is 0 Å². The van der Waals surface area contributed by atoms with Crippen molar-refractivity contribution < 1.29 is 19.5 Å². The Hall–Kier alpha value is -3.35. The molecule has 7 heteroatoms. The number of carbonyl (C=O) groups is 3. The smallest absolute Gasteiger partial charge is 0.335 e. The Morgan fingerprint density at radius 3 is 2.28 bits per heavy atom. The Labute approximate surface area is 213 Å². The van der Waals surface area contributed by atoms with Gasteiger partial charge in [0, 0.05) is 18.3 Å². The number of carboxylic acid groups (broad SMARTS) is 1. The number of benzene rings is 2. The van der Waals surface area contributed by atoms with Crippen molar-refractivity contribution in [2.75, 3.05) is 11.9 Å². The second kappa shape index (κ2) is 11.1. The third-order valence-corrected chi connectivity index (χ3v) is 7.68. The zero-order valence-corrected chi connectivity index (χ0v) is 21.4. The average molecular weight is 492 g/mol. The van der Waals surface area contributed by atoms with E-state index in [0.29, 0.717) is 30.4 Å². The molecule has 1 heterocycles. The molecule has 7 nitrogen and oxygen atoms in total. The van der Waals surface area contributed by atoms with E-state index in [1.165, 1.54) is 11.1 Å². The fourth-order valence-electron chi connectivity index (χ4n) is 5.54. The summed E-state index contributed by atoms with van der Waals surface area (Å²) in [5.41, 5.74) is 4.47. The third kappa shape index (κ3) is 5.89. The Bertz CT molecular complexity index is 1100. The van der Waals surface area contributed by atoms with E-state index in [9.17, 15) is 19.5 Å². The van der Waals surface area contributed by atoms with Gasteiger partial charge in [0.1, 0.15) is 6.04 Å². The van der Waals surface area contributed by atoms with Gasteiger partial charge in [0.05, 0.1) is 5.56 Å². The molecule has 192 valence electrons. The molecule has 0 bridgehead atoms. The van der Waals surface area contributed by atoms with Crippen LogP contribution in [0.15, 0.2) is 42.5 Å². The Morgan fingerprint density at radius 2 is 1.67 bits per heavy atom. The van der Waals surface area contributed by atoms with Gasteiger partial charge >= 0.3 is 12.0 Å². The summed E-state index contributed by atoms with van der Waals surface area (Å²) >= 11 is 0. The summed E-state index contributed by atoms with van der Waals surface area (Å²) in [5.74, 6) is -0.173. The van der Waals surface area contributed by atoms with Gasteiger partial charge in [0.2, 0.25) is 5.91 Å². The molecule has 0 aromatic heterocycles. The highest BCUT2D eigenvalue weighted by atomic mass is 16.4. The van der Waals surface area contributed by atoms with Crippen LogP contribution in [0.4, 0.5) is 10.5 Å². The van der Waals surface area contributed by atoms with Crippen LogP contribution in [0.2, 0.25) is 0 Å². The molecular formula is C29H37N3O4. The number of hydrogen-bond acceptors (Lipinski definition) is 3. The lowest BCUT2D eigenvalue weighted by atomic mass is 9.80. The molecule has 1 atom stereocenters. The first-order valence-electron chi connectivity index (χ1n) is 13.0. The second-order valence-electron chi connectivity index (χ2n) is 10.5. The minimum absolute atomic E-state index is 0.0664. The fourth-order valence-corrected chi connectivity index (χ4v) is 5.54. The molecule has 0 spiro atoms. The average Bonchev–Trinajstić information content (AvgIpc) is 3.35. The lowest BCUT2D eigenvalue weighted by Gasteiger charge is -2.32. The van der Waals surface area contributed by atoms with Crippen molar-refractivity contribution in [2.24, 2.45) is 0 Å². The number of carbonyl (C=O) groups excluding carboxylic acids is 2. The van der Waals surface area contributed by atoms with Crippen LogP contribution in [0.25, 0.3) is 0 Å². The number of anilines is 1. The number of hydrogen-bond donors (Lipinski definition) is 3. The Morgan fingerprint density at radius 1 is 0.972 bits per heavy atom. The Balaban J connectivity index is 1.30. The molecular weight excluding hydrogens is 454 g/mol. The standard InChI is InChI=1S/C29H37N3O4/c1-18(2)20-6-11-24(12-7-20)31-29(36)32-16-4-5-26(32)27(33)30-23-13-8-21(9-14-23)25-15-10-22(28(34)35)17-19(25)3/h6-7,10-12,15,17-18,21,23,26H,4-5,8-9,13-14,16H2,1-3H3,(H,30,33)(H,31,36)(H,34,35)/t21?,23?,26-/m1/s1. The first-order chi connectivity index (χ1) is 17.2. The van der Waals surface area contributed by atoms with Crippen LogP contribution in [0, 0.1) is 6.92 Å². The van der Waals surface area contributed by atoms with E-state index in [4.69, 9.17) is 0 Å². The number of aromatic carboxylic acids is 1. The SMILES string of the molecule is Cc1cc(C(=O)O)ccc1C1CCC(NC(=O)[C@H]2CCCN2C(=O)Nc2ccc(C(C)C)cc2)CC1. The maximum absolute atomic E-state index is 13.1. The number of carboxylic acids is 1. The summed E-state index contributed by atoms with van der Waals surface area (Å²) in [6.45, 7) is 6.81. The number of nitrogens with zero attached hydrogens (tertiary/aromatic N) is 1. The molecule has 2 fully saturated rings. The van der Waals surface area contributed by atoms with E-state index in [2.05, 4.69) is 24.5 Å². The van der Waals surface area contributed by atoms with Gasteiger partial charge in [-0.05, 0) is 98.2 Å². The number of urea groups is 1. The molecule has 3 amide bonds. The minimum atomic E-state index is -0.908. The molecule has 1 aliphatic carbocycles. The van der Waals surface area contributed by atoms with Gasteiger partial charge in [-0.25, -0.2) is 9.59 Å². The van der Waals surface area contributed by atoms with E-state index in [-0.39, 0.29) is 18.0 Å². The maximum Gasteiger partial charge on any atom is 0.335 e. The van der Waals surface area contributed by atoms with Gasteiger partial charge in [0.15, 0.2) is 0 Å². The highest BCUT2D eigenvalue weighted by molar-refractivity contribution is 5.94. The summed E-state index contributed by atoms with van der Waals surface area (Å²) in [6, 6.07) is 12.6. The van der Waals surface area contributed by atoms with Gasteiger partial charge in [-0.3, -0.25) is 4.79 Å². The van der Waals surface area contributed by atoms with E-state index in [1.54, 1.807) is 17.0 Å². The molecule has 0 radical (unpaired) electrons. The monoisotopic (exact) mass is 491 g/mol. The zero-order chi connectivity index (χ0) is 25.8. The quantitative estimate of drug-likeness (QED) is 0.486. The Kier molecular flexibility index (Phi) is 7.97. The predicted molar refractivity (Wildman–Crippen MR) is 141 cm³/mol. The summed E-state index contributed by atoms with van der Waals surface area (Å²) in [6.07, 6.45) is 5.13. The minimum Gasteiger partial charge on any atom is -0.478 e. The first-order valence-corrected chi connectivity index (χ1v) is 13.0. The van der Waals surface area contributed by atoms with Crippen LogP contribution < -0.4 is 10.6 Å². The molecule has 2 aromatic carbocycles. The molecule has 3 N–H and O–H groups in total. The lowest BCUT2D eigenvalue weighted by Crippen LogP contribution is -2.50. The third-order valence-electron chi connectivity index (χ3n) is 7.68. The highest BCUT2D eigenvalue weighted by Crippen LogP contribution is 2.35. The molecule has 1 saturated heterocycles. The van der Waals surface area contributed by atoms with Crippen molar-refractivity contribution in [2.45, 2.75) is 83.2 Å². The number of rotatable bonds is 6. The second-order valence-corrected chi connectivity index (χ2v) is 10.5. The lowest BCUT2D eigenvalue weighted by molar-refractivity contribution is -0.125. The molecule has 2 aliphatic rings. The number of nitrogens with one attached hydrogen (secondary N) is 2. The molecule has 1 saturated carbocycles. The fraction of sp³-hybridized carbons (Fsp3) is 0.483. The van der Waals surface area contributed by atoms with Crippen LogP contribution in [-0.2, 0) is 4.79 Å². The van der Waals surface area contributed by atoms with Crippen LogP contribution in [0.5, 0.6) is 0 Å².